The number of carbonyl (C=O) groups excluding carboxylic acids is 2. The van der Waals surface area contributed by atoms with E-state index in [1.165, 1.54) is 5.01 Å². The Morgan fingerprint density at radius 2 is 2.00 bits per heavy atom. The highest BCUT2D eigenvalue weighted by Gasteiger charge is 2.28. The van der Waals surface area contributed by atoms with Gasteiger partial charge in [-0.1, -0.05) is 13.8 Å². The van der Waals surface area contributed by atoms with Crippen LogP contribution in [0.5, 0.6) is 0 Å². The molecule has 120 valence electrons. The second-order valence-corrected chi connectivity index (χ2v) is 5.38. The van der Waals surface area contributed by atoms with Crippen LogP contribution in [0.4, 0.5) is 0 Å². The smallest absolute Gasteiger partial charge is 0.263 e. The van der Waals surface area contributed by atoms with Gasteiger partial charge in [0.25, 0.3) is 5.91 Å². The average Bonchev–Trinajstić information content (AvgIpc) is 2.48. The Hall–Kier alpha value is -2.31. The molecule has 0 aliphatic carbocycles. The normalized spacial score (nSPS) is 17.1. The first-order chi connectivity index (χ1) is 10.5. The van der Waals surface area contributed by atoms with Crippen LogP contribution in [0.3, 0.4) is 0 Å². The number of amidine groups is 1. The second-order valence-electron chi connectivity index (χ2n) is 5.38. The molecular formula is C15H23N5O2. The van der Waals surface area contributed by atoms with E-state index in [1.807, 2.05) is 13.8 Å². The van der Waals surface area contributed by atoms with Crippen molar-refractivity contribution in [1.82, 2.24) is 14.8 Å². The monoisotopic (exact) mass is 305 g/mol. The van der Waals surface area contributed by atoms with Crippen molar-refractivity contribution in [3.63, 3.8) is 0 Å². The van der Waals surface area contributed by atoms with Gasteiger partial charge in [-0.25, -0.2) is 5.01 Å². The van der Waals surface area contributed by atoms with Crippen LogP contribution in [-0.2, 0) is 9.59 Å². The summed E-state index contributed by atoms with van der Waals surface area (Å²) in [6.45, 7) is 5.61. The average molecular weight is 305 g/mol. The van der Waals surface area contributed by atoms with E-state index in [0.29, 0.717) is 24.6 Å². The fourth-order valence-electron chi connectivity index (χ4n) is 2.43. The maximum absolute atomic E-state index is 12.3. The van der Waals surface area contributed by atoms with Crippen LogP contribution in [0.25, 0.3) is 0 Å². The molecule has 2 N–H and O–H groups in total. The van der Waals surface area contributed by atoms with E-state index >= 15 is 0 Å². The van der Waals surface area contributed by atoms with Gasteiger partial charge in [0.05, 0.1) is 0 Å². The van der Waals surface area contributed by atoms with Crippen LogP contribution < -0.4 is 5.73 Å². The zero-order valence-corrected chi connectivity index (χ0v) is 13.2. The Morgan fingerprint density at radius 1 is 1.32 bits per heavy atom. The molecular weight excluding hydrogens is 282 g/mol. The highest BCUT2D eigenvalue weighted by atomic mass is 16.2. The van der Waals surface area contributed by atoms with Crippen molar-refractivity contribution in [2.75, 3.05) is 26.2 Å². The number of hydrogen-bond donors (Lipinski definition) is 1. The van der Waals surface area contributed by atoms with Crippen LogP contribution in [-0.4, -0.2) is 58.6 Å². The molecule has 0 atom stereocenters. The van der Waals surface area contributed by atoms with E-state index in [0.717, 1.165) is 12.8 Å². The molecule has 0 bridgehead atoms. The van der Waals surface area contributed by atoms with E-state index in [9.17, 15) is 9.59 Å². The van der Waals surface area contributed by atoms with Gasteiger partial charge in [-0.3, -0.25) is 9.59 Å². The molecule has 0 saturated heterocycles. The minimum Gasteiger partial charge on any atom is -0.398 e. The SMILES string of the molecule is CCCN(CCC)C(=O)CN1N=C2C=CC(N)=CN2CC1=O. The standard InChI is InChI=1S/C15H23N5O2/c1-3-7-18(8-4-2)14(21)11-20-15(22)10-19-9-12(16)5-6-13(19)17-20/h5-6,9H,3-4,7-8,10-11,16H2,1-2H3. The molecule has 0 unspecified atom stereocenters. The molecule has 0 spiro atoms. The fraction of sp³-hybridized carbons (Fsp3) is 0.533. The second kappa shape index (κ2) is 7.11. The minimum absolute atomic E-state index is 0.0107. The summed E-state index contributed by atoms with van der Waals surface area (Å²) in [5.41, 5.74) is 6.28. The van der Waals surface area contributed by atoms with Crippen LogP contribution >= 0.6 is 0 Å². The summed E-state index contributed by atoms with van der Waals surface area (Å²) in [6.07, 6.45) is 6.95. The number of hydrogen-bond acceptors (Lipinski definition) is 5. The van der Waals surface area contributed by atoms with Crippen LogP contribution in [0, 0.1) is 0 Å². The zero-order valence-electron chi connectivity index (χ0n) is 13.2. The summed E-state index contributed by atoms with van der Waals surface area (Å²) in [4.78, 5) is 28.0. The Balaban J connectivity index is 2.06. The summed E-state index contributed by atoms with van der Waals surface area (Å²) in [5, 5.41) is 5.51. The number of carbonyl (C=O) groups is 2. The van der Waals surface area contributed by atoms with E-state index < -0.39 is 0 Å². The lowest BCUT2D eigenvalue weighted by Gasteiger charge is -2.32. The molecule has 0 saturated carbocycles. The molecule has 2 rings (SSSR count). The number of allylic oxidation sites excluding steroid dienone is 1. The molecule has 2 heterocycles. The Labute approximate surface area is 130 Å². The quantitative estimate of drug-likeness (QED) is 0.773. The van der Waals surface area contributed by atoms with Crippen molar-refractivity contribution in [2.24, 2.45) is 10.8 Å². The first-order valence-corrected chi connectivity index (χ1v) is 7.64. The van der Waals surface area contributed by atoms with Gasteiger partial charge in [0.2, 0.25) is 5.91 Å². The predicted octanol–water partition coefficient (Wildman–Crippen LogP) is 0.463. The first-order valence-electron chi connectivity index (χ1n) is 7.64. The maximum atomic E-state index is 12.3. The molecule has 0 aromatic carbocycles. The van der Waals surface area contributed by atoms with Gasteiger partial charge < -0.3 is 15.5 Å². The molecule has 22 heavy (non-hydrogen) atoms. The largest absolute Gasteiger partial charge is 0.398 e. The molecule has 0 fully saturated rings. The summed E-state index contributed by atoms with van der Waals surface area (Å²) in [6, 6.07) is 0. The number of fused-ring (bicyclic) bond motifs is 1. The van der Waals surface area contributed by atoms with Gasteiger partial charge in [-0.15, -0.1) is 0 Å². The van der Waals surface area contributed by atoms with E-state index in [-0.39, 0.29) is 24.9 Å². The number of nitrogens with two attached hydrogens (primary N) is 1. The third-order valence-corrected chi connectivity index (χ3v) is 3.47. The third kappa shape index (κ3) is 3.66. The third-order valence-electron chi connectivity index (χ3n) is 3.47. The lowest BCUT2D eigenvalue weighted by atomic mass is 10.2. The van der Waals surface area contributed by atoms with E-state index in [1.54, 1.807) is 28.2 Å². The number of nitrogens with zero attached hydrogens (tertiary/aromatic N) is 4. The maximum Gasteiger partial charge on any atom is 0.263 e. The lowest BCUT2D eigenvalue weighted by molar-refractivity contribution is -0.141. The molecule has 2 aliphatic rings. The minimum atomic E-state index is -0.204. The molecule has 2 amide bonds. The highest BCUT2D eigenvalue weighted by molar-refractivity contribution is 6.01. The lowest BCUT2D eigenvalue weighted by Crippen LogP contribution is -2.49. The molecule has 0 radical (unpaired) electrons. The van der Waals surface area contributed by atoms with Gasteiger partial charge >= 0.3 is 0 Å². The van der Waals surface area contributed by atoms with Crippen LogP contribution in [0.1, 0.15) is 26.7 Å². The Kier molecular flexibility index (Phi) is 5.19. The van der Waals surface area contributed by atoms with Gasteiger partial charge in [0.1, 0.15) is 13.1 Å². The van der Waals surface area contributed by atoms with Crippen molar-refractivity contribution in [1.29, 1.82) is 0 Å². The highest BCUT2D eigenvalue weighted by Crippen LogP contribution is 2.13. The van der Waals surface area contributed by atoms with Crippen LogP contribution in [0.15, 0.2) is 29.2 Å². The summed E-state index contributed by atoms with van der Waals surface area (Å²) < 4.78 is 0. The fourth-order valence-corrected chi connectivity index (χ4v) is 2.43. The molecule has 0 aromatic heterocycles. The topological polar surface area (TPSA) is 82.2 Å². The number of amides is 2. The van der Waals surface area contributed by atoms with Crippen LogP contribution in [0.2, 0.25) is 0 Å². The first kappa shape index (κ1) is 16.1. The molecule has 7 heteroatoms. The zero-order chi connectivity index (χ0) is 16.1. The molecule has 0 aromatic rings. The Bertz CT molecular complexity index is 532. The summed E-state index contributed by atoms with van der Waals surface area (Å²) in [7, 11) is 0. The van der Waals surface area contributed by atoms with Gasteiger partial charge in [-0.05, 0) is 25.0 Å². The van der Waals surface area contributed by atoms with Gasteiger partial charge in [0, 0.05) is 25.0 Å². The van der Waals surface area contributed by atoms with Gasteiger partial charge in [0.15, 0.2) is 5.84 Å². The van der Waals surface area contributed by atoms with Crippen molar-refractivity contribution in [3.05, 3.63) is 24.0 Å². The predicted molar refractivity (Wildman–Crippen MR) is 84.4 cm³/mol. The summed E-state index contributed by atoms with van der Waals surface area (Å²) >= 11 is 0. The Morgan fingerprint density at radius 3 is 2.64 bits per heavy atom. The van der Waals surface area contributed by atoms with E-state index in [4.69, 9.17) is 5.73 Å². The molecule has 7 nitrogen and oxygen atoms in total. The summed E-state index contributed by atoms with van der Waals surface area (Å²) in [5.74, 6) is 0.355. The van der Waals surface area contributed by atoms with Crippen molar-refractivity contribution >= 4 is 17.6 Å². The van der Waals surface area contributed by atoms with Crippen molar-refractivity contribution in [3.8, 4) is 0 Å². The number of hydrazone groups is 1. The van der Waals surface area contributed by atoms with E-state index in [2.05, 4.69) is 5.10 Å². The van der Waals surface area contributed by atoms with Gasteiger partial charge in [-0.2, -0.15) is 5.10 Å². The molecule has 2 aliphatic heterocycles. The number of rotatable bonds is 6. The van der Waals surface area contributed by atoms with Crippen molar-refractivity contribution in [2.45, 2.75) is 26.7 Å². The van der Waals surface area contributed by atoms with Crippen molar-refractivity contribution < 1.29 is 9.59 Å².